The number of fused-ring (bicyclic) bond motifs is 1. The van der Waals surface area contributed by atoms with E-state index in [9.17, 15) is 22.8 Å². The molecular formula is C29H34F3N5O5. The van der Waals surface area contributed by atoms with Gasteiger partial charge in [-0.15, -0.1) is 0 Å². The average molecular weight is 590 g/mol. The number of benzene rings is 1. The van der Waals surface area contributed by atoms with Gasteiger partial charge in [0, 0.05) is 29.7 Å². The Morgan fingerprint density at radius 1 is 1.17 bits per heavy atom. The van der Waals surface area contributed by atoms with Gasteiger partial charge in [-0.1, -0.05) is 13.8 Å². The topological polar surface area (TPSA) is 130 Å². The Hall–Kier alpha value is -4.55. The molecule has 3 N–H and O–H groups in total. The van der Waals surface area contributed by atoms with Gasteiger partial charge >= 0.3 is 12.1 Å². The van der Waals surface area contributed by atoms with Crippen LogP contribution in [0.25, 0.3) is 22.5 Å². The molecule has 0 spiro atoms. The van der Waals surface area contributed by atoms with Gasteiger partial charge in [-0.3, -0.25) is 19.0 Å². The highest BCUT2D eigenvalue weighted by atomic mass is 19.4. The molecule has 0 saturated carbocycles. The third-order valence-electron chi connectivity index (χ3n) is 6.43. The van der Waals surface area contributed by atoms with Crippen LogP contribution in [0.15, 0.2) is 47.9 Å². The minimum Gasteiger partial charge on any atom is -0.496 e. The van der Waals surface area contributed by atoms with Crippen molar-refractivity contribution in [3.63, 3.8) is 0 Å². The summed E-state index contributed by atoms with van der Waals surface area (Å²) in [5.41, 5.74) is 8.78. The summed E-state index contributed by atoms with van der Waals surface area (Å²) in [6, 6.07) is 6.65. The number of halogens is 3. The van der Waals surface area contributed by atoms with E-state index in [1.807, 2.05) is 25.2 Å². The maximum atomic E-state index is 12.7. The number of methoxy groups -OCH3 is 2. The number of nitrogens with one attached hydrogen (secondary N) is 1. The number of nitrogens with two attached hydrogens (primary N) is 1. The Kier molecular flexibility index (Phi) is 10.6. The van der Waals surface area contributed by atoms with Crippen molar-refractivity contribution in [1.82, 2.24) is 14.7 Å². The number of aromatic nitrogens is 2. The molecule has 2 heterocycles. The van der Waals surface area contributed by atoms with Crippen molar-refractivity contribution in [3.8, 4) is 22.8 Å². The molecule has 3 rings (SSSR count). The van der Waals surface area contributed by atoms with Crippen LogP contribution in [0.3, 0.4) is 0 Å². The molecular weight excluding hydrogens is 555 g/mol. The largest absolute Gasteiger partial charge is 0.496 e. The Balaban J connectivity index is 1.91. The van der Waals surface area contributed by atoms with Gasteiger partial charge in [-0.05, 0) is 42.7 Å². The summed E-state index contributed by atoms with van der Waals surface area (Å²) in [6.45, 7) is 4.67. The summed E-state index contributed by atoms with van der Waals surface area (Å²) < 4.78 is 55.6. The van der Waals surface area contributed by atoms with Gasteiger partial charge in [-0.2, -0.15) is 13.2 Å². The molecule has 226 valence electrons. The highest BCUT2D eigenvalue weighted by molar-refractivity contribution is 6.10. The molecule has 1 amide bonds. The molecule has 2 aromatic heterocycles. The predicted octanol–water partition coefficient (Wildman–Crippen LogP) is 4.52. The number of allylic oxidation sites excluding steroid dienone is 1. The van der Waals surface area contributed by atoms with E-state index >= 15 is 0 Å². The number of esters is 1. The second kappa shape index (κ2) is 13.9. The normalized spacial score (nSPS) is 13.0. The van der Waals surface area contributed by atoms with Crippen molar-refractivity contribution in [1.29, 1.82) is 0 Å². The zero-order chi connectivity index (χ0) is 31.0. The Labute approximate surface area is 241 Å². The highest BCUT2D eigenvalue weighted by Gasteiger charge is 2.30. The number of alkyl halides is 3. The van der Waals surface area contributed by atoms with Gasteiger partial charge in [-0.25, -0.2) is 4.98 Å². The first-order chi connectivity index (χ1) is 19.9. The molecule has 0 bridgehead atoms. The molecule has 0 saturated heterocycles. The van der Waals surface area contributed by atoms with Crippen LogP contribution in [0.4, 0.5) is 13.2 Å². The lowest BCUT2D eigenvalue weighted by atomic mass is 9.96. The van der Waals surface area contributed by atoms with Gasteiger partial charge in [0.2, 0.25) is 0 Å². The lowest BCUT2D eigenvalue weighted by Crippen LogP contribution is -2.34. The Morgan fingerprint density at radius 3 is 2.38 bits per heavy atom. The lowest BCUT2D eigenvalue weighted by molar-refractivity contribution is -0.149. The third-order valence-corrected chi connectivity index (χ3v) is 6.43. The third kappa shape index (κ3) is 7.59. The molecule has 13 heteroatoms. The molecule has 42 heavy (non-hydrogen) atoms. The number of hydrogen-bond donors (Lipinski definition) is 2. The minimum atomic E-state index is -4.57. The van der Waals surface area contributed by atoms with E-state index in [1.54, 1.807) is 36.0 Å². The summed E-state index contributed by atoms with van der Waals surface area (Å²) in [5, 5.41) is 1.84. The number of carbonyl (C=O) groups excluding carboxylic acids is 2. The molecule has 0 aliphatic carbocycles. The average Bonchev–Trinajstić information content (AvgIpc) is 3.38. The number of ether oxygens (including phenoxy) is 3. The van der Waals surface area contributed by atoms with Crippen molar-refractivity contribution < 1.29 is 37.0 Å². The fourth-order valence-corrected chi connectivity index (χ4v) is 4.21. The summed E-state index contributed by atoms with van der Waals surface area (Å²) in [6.07, 6.45) is 1.80. The monoisotopic (exact) mass is 589 g/mol. The minimum absolute atomic E-state index is 0.0303. The van der Waals surface area contributed by atoms with Crippen LogP contribution in [0.5, 0.6) is 11.5 Å². The van der Waals surface area contributed by atoms with Crippen LogP contribution >= 0.6 is 0 Å². The SMILES string of the molecule is CCOC(=O)C(CN=CC(=CN)c1ccn2c(-c3cc(OC)c(C(=O)NCC(F)(F)F)c(OC)c3)cnc2c1)C(C)C. The Morgan fingerprint density at radius 2 is 1.83 bits per heavy atom. The van der Waals surface area contributed by atoms with Crippen LogP contribution in [0.2, 0.25) is 0 Å². The first-order valence-corrected chi connectivity index (χ1v) is 13.1. The summed E-state index contributed by atoms with van der Waals surface area (Å²) >= 11 is 0. The number of rotatable bonds is 12. The lowest BCUT2D eigenvalue weighted by Gasteiger charge is -2.16. The standard InChI is InChI=1S/C29H34F3N5O5/c1-6-42-28(39)21(17(2)3)14-34-13-20(12-33)18-7-8-37-22(15-35-25(37)11-18)19-9-23(40-4)26(24(10-19)41-5)27(38)36-16-29(30,31)32/h7-13,15,17,21H,6,14,16,33H2,1-5H3,(H,36,38). The molecule has 1 unspecified atom stereocenters. The number of aliphatic imine (C=N–C) groups is 1. The van der Waals surface area contributed by atoms with E-state index in [4.69, 9.17) is 19.9 Å². The predicted molar refractivity (Wildman–Crippen MR) is 153 cm³/mol. The summed E-state index contributed by atoms with van der Waals surface area (Å²) in [7, 11) is 2.61. The molecule has 3 aromatic rings. The molecule has 1 atom stereocenters. The van der Waals surface area contributed by atoms with E-state index in [0.717, 1.165) is 5.56 Å². The number of hydrogen-bond acceptors (Lipinski definition) is 8. The van der Waals surface area contributed by atoms with Crippen LogP contribution in [0.1, 0.15) is 36.7 Å². The number of pyridine rings is 1. The van der Waals surface area contributed by atoms with Gasteiger partial charge in [0.05, 0.1) is 45.2 Å². The van der Waals surface area contributed by atoms with Crippen LogP contribution in [-0.4, -0.2) is 67.6 Å². The van der Waals surface area contributed by atoms with Gasteiger partial charge in [0.1, 0.15) is 29.3 Å². The van der Waals surface area contributed by atoms with Gasteiger partial charge in [0.25, 0.3) is 5.91 Å². The van der Waals surface area contributed by atoms with E-state index in [0.29, 0.717) is 29.1 Å². The fraction of sp³-hybridized carbons (Fsp3) is 0.379. The summed E-state index contributed by atoms with van der Waals surface area (Å²) in [5.74, 6) is -1.55. The quantitative estimate of drug-likeness (QED) is 0.235. The number of carbonyl (C=O) groups is 2. The molecule has 0 radical (unpaired) electrons. The van der Waals surface area contributed by atoms with Crippen molar-refractivity contribution >= 4 is 29.3 Å². The molecule has 1 aromatic carbocycles. The number of imidazole rings is 1. The maximum absolute atomic E-state index is 12.7. The van der Waals surface area contributed by atoms with E-state index < -0.39 is 18.6 Å². The highest BCUT2D eigenvalue weighted by Crippen LogP contribution is 2.35. The molecule has 0 aliphatic rings. The summed E-state index contributed by atoms with van der Waals surface area (Å²) in [4.78, 5) is 33.7. The van der Waals surface area contributed by atoms with Crippen molar-refractivity contribution in [2.45, 2.75) is 26.9 Å². The second-order valence-electron chi connectivity index (χ2n) is 9.56. The van der Waals surface area contributed by atoms with Gasteiger partial charge < -0.3 is 25.3 Å². The zero-order valence-corrected chi connectivity index (χ0v) is 24.0. The fourth-order valence-electron chi connectivity index (χ4n) is 4.21. The van der Waals surface area contributed by atoms with Crippen molar-refractivity contribution in [3.05, 3.63) is 54.0 Å². The maximum Gasteiger partial charge on any atom is 0.405 e. The zero-order valence-electron chi connectivity index (χ0n) is 24.0. The van der Waals surface area contributed by atoms with Crippen LogP contribution in [0, 0.1) is 11.8 Å². The van der Waals surface area contributed by atoms with Crippen LogP contribution in [-0.2, 0) is 9.53 Å². The van der Waals surface area contributed by atoms with Crippen LogP contribution < -0.4 is 20.5 Å². The second-order valence-corrected chi connectivity index (χ2v) is 9.56. The van der Waals surface area contributed by atoms with E-state index in [2.05, 4.69) is 9.98 Å². The smallest absolute Gasteiger partial charge is 0.405 e. The molecule has 0 fully saturated rings. The van der Waals surface area contributed by atoms with Gasteiger partial charge in [0.15, 0.2) is 0 Å². The first kappa shape index (κ1) is 32.0. The van der Waals surface area contributed by atoms with Crippen molar-refractivity contribution in [2.24, 2.45) is 22.6 Å². The number of amides is 1. The van der Waals surface area contributed by atoms with E-state index in [1.165, 1.54) is 32.6 Å². The first-order valence-electron chi connectivity index (χ1n) is 13.1. The molecule has 10 nitrogen and oxygen atoms in total. The molecule has 0 aliphatic heterocycles. The van der Waals surface area contributed by atoms with E-state index in [-0.39, 0.29) is 41.4 Å². The number of nitrogens with zero attached hydrogens (tertiary/aromatic N) is 3. The van der Waals surface area contributed by atoms with Crippen molar-refractivity contribution in [2.75, 3.05) is 33.9 Å². The Bertz CT molecular complexity index is 1460.